The van der Waals surface area contributed by atoms with Gasteiger partial charge in [-0.2, -0.15) is 0 Å². The zero-order chi connectivity index (χ0) is 13.3. The zero-order valence-corrected chi connectivity index (χ0v) is 9.71. The quantitative estimate of drug-likeness (QED) is 0.630. The molecule has 0 aromatic carbocycles. The number of imide groups is 1. The summed E-state index contributed by atoms with van der Waals surface area (Å²) in [6.45, 7) is 1.38. The first-order valence-electron chi connectivity index (χ1n) is 5.35. The fourth-order valence-electron chi connectivity index (χ4n) is 1.67. The maximum Gasteiger partial charge on any atom is 0.273 e. The minimum absolute atomic E-state index is 0.115. The molecule has 0 spiro atoms. The monoisotopic (exact) mass is 248 g/mol. The molecule has 2 heterocycles. The van der Waals surface area contributed by atoms with Crippen LogP contribution in [0.4, 0.5) is 5.69 Å². The summed E-state index contributed by atoms with van der Waals surface area (Å²) >= 11 is 0. The van der Waals surface area contributed by atoms with Crippen molar-refractivity contribution in [3.05, 3.63) is 24.0 Å². The third-order valence-corrected chi connectivity index (χ3v) is 2.69. The standard InChI is InChI=1S/C11H12N4O3/c1-6-10(17)14-9(16)5-15(6)11(18)8-4-7(12)2-3-13-8/h2-4,6H,5H2,1H3,(H2,12,13)(H,14,16,17). The number of aromatic nitrogens is 1. The number of hydrogen-bond donors (Lipinski definition) is 2. The van der Waals surface area contributed by atoms with Gasteiger partial charge in [0.1, 0.15) is 18.3 Å². The first-order chi connectivity index (χ1) is 8.49. The molecule has 0 saturated carbocycles. The number of nitrogen functional groups attached to an aromatic ring is 1. The number of carbonyl (C=O) groups excluding carboxylic acids is 3. The molecule has 7 nitrogen and oxygen atoms in total. The van der Waals surface area contributed by atoms with Crippen LogP contribution in [0.2, 0.25) is 0 Å². The molecule has 0 radical (unpaired) electrons. The SMILES string of the molecule is CC1C(=O)NC(=O)CN1C(=O)c1cc(N)ccn1. The van der Waals surface area contributed by atoms with Crippen molar-refractivity contribution in [2.75, 3.05) is 12.3 Å². The van der Waals surface area contributed by atoms with Crippen molar-refractivity contribution in [2.45, 2.75) is 13.0 Å². The maximum atomic E-state index is 12.1. The first-order valence-corrected chi connectivity index (χ1v) is 5.35. The number of piperazine rings is 1. The summed E-state index contributed by atoms with van der Waals surface area (Å²) in [4.78, 5) is 39.9. The topological polar surface area (TPSA) is 105 Å². The Balaban J connectivity index is 2.27. The molecule has 3 amide bonds. The lowest BCUT2D eigenvalue weighted by molar-refractivity contribution is -0.138. The Morgan fingerprint density at radius 3 is 2.94 bits per heavy atom. The van der Waals surface area contributed by atoms with Gasteiger partial charge in [-0.25, -0.2) is 0 Å². The summed E-state index contributed by atoms with van der Waals surface area (Å²) in [5, 5.41) is 2.16. The van der Waals surface area contributed by atoms with E-state index in [9.17, 15) is 14.4 Å². The van der Waals surface area contributed by atoms with Gasteiger partial charge in [0.05, 0.1) is 0 Å². The Hall–Kier alpha value is -2.44. The highest BCUT2D eigenvalue weighted by atomic mass is 16.2. The summed E-state index contributed by atoms with van der Waals surface area (Å²) in [5.41, 5.74) is 6.07. The van der Waals surface area contributed by atoms with Gasteiger partial charge in [0, 0.05) is 11.9 Å². The van der Waals surface area contributed by atoms with E-state index in [1.807, 2.05) is 0 Å². The van der Waals surface area contributed by atoms with Gasteiger partial charge < -0.3 is 10.6 Å². The Morgan fingerprint density at radius 1 is 1.56 bits per heavy atom. The lowest BCUT2D eigenvalue weighted by atomic mass is 10.1. The summed E-state index contributed by atoms with van der Waals surface area (Å²) in [6.07, 6.45) is 1.40. The van der Waals surface area contributed by atoms with E-state index in [4.69, 9.17) is 5.73 Å². The van der Waals surface area contributed by atoms with Crippen LogP contribution in [0.1, 0.15) is 17.4 Å². The summed E-state index contributed by atoms with van der Waals surface area (Å²) in [7, 11) is 0. The van der Waals surface area contributed by atoms with E-state index in [2.05, 4.69) is 10.3 Å². The van der Waals surface area contributed by atoms with Crippen LogP contribution in [-0.2, 0) is 9.59 Å². The molecule has 1 fully saturated rings. The highest BCUT2D eigenvalue weighted by Crippen LogP contribution is 2.11. The van der Waals surface area contributed by atoms with Crippen molar-refractivity contribution >= 4 is 23.4 Å². The third-order valence-electron chi connectivity index (χ3n) is 2.69. The van der Waals surface area contributed by atoms with Crippen LogP contribution in [-0.4, -0.2) is 40.2 Å². The van der Waals surface area contributed by atoms with Crippen LogP contribution in [0.25, 0.3) is 0 Å². The van der Waals surface area contributed by atoms with Crippen LogP contribution in [0.5, 0.6) is 0 Å². The Bertz CT molecular complexity index is 529. The Labute approximate surface area is 103 Å². The van der Waals surface area contributed by atoms with Crippen molar-refractivity contribution in [1.29, 1.82) is 0 Å². The predicted molar refractivity (Wildman–Crippen MR) is 62.3 cm³/mol. The molecule has 2 rings (SSSR count). The molecule has 1 aromatic rings. The van der Waals surface area contributed by atoms with Crippen molar-refractivity contribution in [3.8, 4) is 0 Å². The van der Waals surface area contributed by atoms with E-state index in [0.29, 0.717) is 5.69 Å². The lowest BCUT2D eigenvalue weighted by Crippen LogP contribution is -2.58. The van der Waals surface area contributed by atoms with Crippen molar-refractivity contribution < 1.29 is 14.4 Å². The highest BCUT2D eigenvalue weighted by molar-refractivity contribution is 6.06. The molecule has 1 aliphatic rings. The van der Waals surface area contributed by atoms with Crippen molar-refractivity contribution in [3.63, 3.8) is 0 Å². The van der Waals surface area contributed by atoms with Gasteiger partial charge >= 0.3 is 0 Å². The van der Waals surface area contributed by atoms with E-state index in [1.165, 1.54) is 17.2 Å². The summed E-state index contributed by atoms with van der Waals surface area (Å²) < 4.78 is 0. The number of nitrogens with one attached hydrogen (secondary N) is 1. The van der Waals surface area contributed by atoms with E-state index < -0.39 is 23.8 Å². The third kappa shape index (κ3) is 2.15. The molecule has 1 aromatic heterocycles. The molecule has 18 heavy (non-hydrogen) atoms. The van der Waals surface area contributed by atoms with Crippen LogP contribution in [0.3, 0.4) is 0 Å². The van der Waals surface area contributed by atoms with E-state index in [0.717, 1.165) is 0 Å². The smallest absolute Gasteiger partial charge is 0.273 e. The molecule has 1 unspecified atom stereocenters. The number of carbonyl (C=O) groups is 3. The number of nitrogens with two attached hydrogens (primary N) is 1. The molecular weight excluding hydrogens is 236 g/mol. The number of pyridine rings is 1. The number of amides is 3. The highest BCUT2D eigenvalue weighted by Gasteiger charge is 2.34. The normalized spacial score (nSPS) is 19.6. The molecule has 0 aliphatic carbocycles. The molecule has 1 atom stereocenters. The summed E-state index contributed by atoms with van der Waals surface area (Å²) in [6, 6.07) is 2.25. The molecule has 0 bridgehead atoms. The van der Waals surface area contributed by atoms with Crippen LogP contribution in [0, 0.1) is 0 Å². The molecule has 94 valence electrons. The number of hydrogen-bond acceptors (Lipinski definition) is 5. The molecular formula is C11H12N4O3. The van der Waals surface area contributed by atoms with Crippen LogP contribution in [0.15, 0.2) is 18.3 Å². The predicted octanol–water partition coefficient (Wildman–Crippen LogP) is -0.849. The zero-order valence-electron chi connectivity index (χ0n) is 9.71. The first kappa shape index (κ1) is 12.0. The second kappa shape index (κ2) is 4.44. The van der Waals surface area contributed by atoms with Gasteiger partial charge in [0.25, 0.3) is 5.91 Å². The van der Waals surface area contributed by atoms with E-state index >= 15 is 0 Å². The number of nitrogens with zero attached hydrogens (tertiary/aromatic N) is 2. The van der Waals surface area contributed by atoms with Gasteiger partial charge in [0.15, 0.2) is 0 Å². The molecule has 1 saturated heterocycles. The number of anilines is 1. The fraction of sp³-hybridized carbons (Fsp3) is 0.273. The van der Waals surface area contributed by atoms with Crippen molar-refractivity contribution in [1.82, 2.24) is 15.2 Å². The van der Waals surface area contributed by atoms with Gasteiger partial charge in [-0.05, 0) is 19.1 Å². The van der Waals surface area contributed by atoms with E-state index in [-0.39, 0.29) is 12.2 Å². The van der Waals surface area contributed by atoms with Gasteiger partial charge in [-0.1, -0.05) is 0 Å². The minimum atomic E-state index is -0.710. The average Bonchev–Trinajstić information content (AvgIpc) is 2.33. The van der Waals surface area contributed by atoms with E-state index in [1.54, 1.807) is 13.0 Å². The Morgan fingerprint density at radius 2 is 2.28 bits per heavy atom. The van der Waals surface area contributed by atoms with Crippen LogP contribution >= 0.6 is 0 Å². The lowest BCUT2D eigenvalue weighted by Gasteiger charge is -2.31. The van der Waals surface area contributed by atoms with Gasteiger partial charge in [0.2, 0.25) is 11.8 Å². The van der Waals surface area contributed by atoms with Crippen molar-refractivity contribution in [2.24, 2.45) is 0 Å². The molecule has 7 heteroatoms. The average molecular weight is 248 g/mol. The Kier molecular flexibility index (Phi) is 2.97. The van der Waals surface area contributed by atoms with Crippen LogP contribution < -0.4 is 11.1 Å². The number of rotatable bonds is 1. The second-order valence-corrected chi connectivity index (χ2v) is 4.00. The fourth-order valence-corrected chi connectivity index (χ4v) is 1.67. The minimum Gasteiger partial charge on any atom is -0.399 e. The molecule has 1 aliphatic heterocycles. The largest absolute Gasteiger partial charge is 0.399 e. The molecule has 3 N–H and O–H groups in total. The maximum absolute atomic E-state index is 12.1. The second-order valence-electron chi connectivity index (χ2n) is 4.00. The van der Waals surface area contributed by atoms with Gasteiger partial charge in [-0.3, -0.25) is 24.7 Å². The summed E-state index contributed by atoms with van der Waals surface area (Å²) in [5.74, 6) is -1.49. The van der Waals surface area contributed by atoms with Gasteiger partial charge in [-0.15, -0.1) is 0 Å².